The van der Waals surface area contributed by atoms with Gasteiger partial charge in [0.15, 0.2) is 0 Å². The summed E-state index contributed by atoms with van der Waals surface area (Å²) in [6, 6.07) is 0. The van der Waals surface area contributed by atoms with Crippen LogP contribution in [-0.2, 0) is 9.53 Å². The van der Waals surface area contributed by atoms with E-state index in [9.17, 15) is 15.0 Å². The van der Waals surface area contributed by atoms with Crippen molar-refractivity contribution in [3.63, 3.8) is 0 Å². The first-order valence-corrected chi connectivity index (χ1v) is 11.8. The minimum Gasteiger partial charge on any atom is -0.469 e. The number of carbonyl (C=O) groups is 1. The summed E-state index contributed by atoms with van der Waals surface area (Å²) in [5.74, 6) is 2.17. The number of aliphatic hydroxyl groups is 2. The highest BCUT2D eigenvalue weighted by Gasteiger charge is 2.60. The molecule has 0 aromatic carbocycles. The van der Waals surface area contributed by atoms with Gasteiger partial charge in [0.2, 0.25) is 0 Å². The molecule has 9 atom stereocenters. The Morgan fingerprint density at radius 1 is 1.24 bits per heavy atom. The van der Waals surface area contributed by atoms with Crippen molar-refractivity contribution in [2.24, 2.45) is 40.4 Å². The van der Waals surface area contributed by atoms with Crippen LogP contribution in [0.15, 0.2) is 11.6 Å². The first kappa shape index (κ1) is 21.4. The van der Waals surface area contributed by atoms with Crippen LogP contribution >= 0.6 is 0 Å². The molecule has 0 amide bonds. The Hall–Kier alpha value is -0.870. The summed E-state index contributed by atoms with van der Waals surface area (Å²) in [5, 5.41) is 21.5. The number of esters is 1. The van der Waals surface area contributed by atoms with E-state index in [1.807, 2.05) is 0 Å². The lowest BCUT2D eigenvalue weighted by molar-refractivity contribution is -0.141. The molecule has 0 spiro atoms. The molecular formula is C25H40O4. The van der Waals surface area contributed by atoms with Crippen molar-refractivity contribution >= 4 is 5.97 Å². The number of carbonyl (C=O) groups excluding carboxylic acids is 1. The minimum atomic E-state index is -0.279. The van der Waals surface area contributed by atoms with Crippen LogP contribution in [0.1, 0.15) is 78.6 Å². The predicted octanol–water partition coefficient (Wildman–Crippen LogP) is 4.49. The van der Waals surface area contributed by atoms with Crippen molar-refractivity contribution < 1.29 is 19.7 Å². The number of hydrogen-bond acceptors (Lipinski definition) is 4. The van der Waals surface area contributed by atoms with Crippen LogP contribution in [0.5, 0.6) is 0 Å². The van der Waals surface area contributed by atoms with E-state index in [2.05, 4.69) is 26.8 Å². The molecule has 3 saturated carbocycles. The van der Waals surface area contributed by atoms with Crippen molar-refractivity contribution in [1.29, 1.82) is 0 Å². The van der Waals surface area contributed by atoms with E-state index >= 15 is 0 Å². The van der Waals surface area contributed by atoms with Crippen molar-refractivity contribution in [2.75, 3.05) is 7.11 Å². The van der Waals surface area contributed by atoms with Crippen LogP contribution in [0.4, 0.5) is 0 Å². The van der Waals surface area contributed by atoms with Crippen LogP contribution < -0.4 is 0 Å². The Labute approximate surface area is 176 Å². The molecule has 0 aliphatic heterocycles. The Kier molecular flexibility index (Phi) is 5.65. The fourth-order valence-electron chi connectivity index (χ4n) is 8.07. The molecule has 4 nitrogen and oxygen atoms in total. The zero-order chi connectivity index (χ0) is 21.0. The molecule has 3 fully saturated rings. The topological polar surface area (TPSA) is 66.8 Å². The zero-order valence-electron chi connectivity index (χ0n) is 18.7. The molecular weight excluding hydrogens is 364 g/mol. The number of rotatable bonds is 4. The van der Waals surface area contributed by atoms with Crippen LogP contribution in [0, 0.1) is 40.4 Å². The molecule has 0 aromatic rings. The Balaban J connectivity index is 1.54. The molecule has 0 radical (unpaired) electrons. The highest BCUT2D eigenvalue weighted by Crippen LogP contribution is 2.66. The van der Waals surface area contributed by atoms with Crippen molar-refractivity contribution in [3.05, 3.63) is 11.6 Å². The lowest BCUT2D eigenvalue weighted by Gasteiger charge is -2.61. The van der Waals surface area contributed by atoms with Gasteiger partial charge in [0.1, 0.15) is 0 Å². The van der Waals surface area contributed by atoms with Crippen LogP contribution in [0.3, 0.4) is 0 Å². The van der Waals surface area contributed by atoms with Crippen LogP contribution in [0.25, 0.3) is 0 Å². The molecule has 164 valence electrons. The summed E-state index contributed by atoms with van der Waals surface area (Å²) >= 11 is 0. The van der Waals surface area contributed by atoms with Gasteiger partial charge >= 0.3 is 5.97 Å². The standard InChI is InChI=1S/C25H40O4/c1-15(5-8-22(28)29-4)18-6-7-19-23-20(10-12-25(18,19)3)24(2)11-9-17(26)13-16(24)14-21(23)27/h7,15-18,20-21,23,26-27H,5-6,8-14H2,1-4H3/t15-,16+,17-,18-,20+,21+,23+,24+,25-/m1/s1. The maximum atomic E-state index is 11.6. The van der Waals surface area contributed by atoms with Gasteiger partial charge in [-0.2, -0.15) is 0 Å². The number of aliphatic hydroxyl groups excluding tert-OH is 2. The summed E-state index contributed by atoms with van der Waals surface area (Å²) < 4.78 is 4.85. The zero-order valence-corrected chi connectivity index (χ0v) is 18.7. The summed E-state index contributed by atoms with van der Waals surface area (Å²) in [6.07, 6.45) is 10.5. The third-order valence-electron chi connectivity index (χ3n) is 9.85. The van der Waals surface area contributed by atoms with Gasteiger partial charge in [-0.05, 0) is 85.9 Å². The largest absolute Gasteiger partial charge is 0.469 e. The second-order valence-corrected chi connectivity index (χ2v) is 11.1. The van der Waals surface area contributed by atoms with Gasteiger partial charge in [-0.25, -0.2) is 0 Å². The summed E-state index contributed by atoms with van der Waals surface area (Å²) in [5.41, 5.74) is 1.91. The summed E-state index contributed by atoms with van der Waals surface area (Å²) in [4.78, 5) is 11.6. The van der Waals surface area contributed by atoms with Gasteiger partial charge in [-0.15, -0.1) is 0 Å². The molecule has 0 bridgehead atoms. The van der Waals surface area contributed by atoms with Gasteiger partial charge in [0.05, 0.1) is 19.3 Å². The second-order valence-electron chi connectivity index (χ2n) is 11.1. The Bertz CT molecular complexity index is 672. The van der Waals surface area contributed by atoms with Crippen molar-refractivity contribution in [1.82, 2.24) is 0 Å². The summed E-state index contributed by atoms with van der Waals surface area (Å²) in [7, 11) is 1.47. The van der Waals surface area contributed by atoms with Crippen molar-refractivity contribution in [3.8, 4) is 0 Å². The van der Waals surface area contributed by atoms with Gasteiger partial charge < -0.3 is 14.9 Å². The van der Waals surface area contributed by atoms with Crippen LogP contribution in [0.2, 0.25) is 0 Å². The fraction of sp³-hybridized carbons (Fsp3) is 0.880. The first-order valence-electron chi connectivity index (χ1n) is 11.8. The number of allylic oxidation sites excluding steroid dienone is 1. The molecule has 0 heterocycles. The highest BCUT2D eigenvalue weighted by molar-refractivity contribution is 5.69. The van der Waals surface area contributed by atoms with Crippen LogP contribution in [-0.4, -0.2) is 35.5 Å². The molecule has 4 rings (SSSR count). The van der Waals surface area contributed by atoms with E-state index in [1.54, 1.807) is 0 Å². The highest BCUT2D eigenvalue weighted by atomic mass is 16.5. The van der Waals surface area contributed by atoms with Gasteiger partial charge in [-0.3, -0.25) is 4.79 Å². The molecule has 2 N–H and O–H groups in total. The lowest BCUT2D eigenvalue weighted by Crippen LogP contribution is -2.56. The molecule has 4 aliphatic carbocycles. The van der Waals surface area contributed by atoms with Gasteiger partial charge in [-0.1, -0.05) is 32.4 Å². The molecule has 4 aliphatic rings. The monoisotopic (exact) mass is 404 g/mol. The maximum absolute atomic E-state index is 11.6. The smallest absolute Gasteiger partial charge is 0.305 e. The third kappa shape index (κ3) is 3.39. The average Bonchev–Trinajstić information content (AvgIpc) is 3.04. The van der Waals surface area contributed by atoms with E-state index in [0.717, 1.165) is 38.5 Å². The second kappa shape index (κ2) is 7.67. The maximum Gasteiger partial charge on any atom is 0.305 e. The molecule has 0 aromatic heterocycles. The fourth-order valence-corrected chi connectivity index (χ4v) is 8.07. The van der Waals surface area contributed by atoms with Gasteiger partial charge in [0, 0.05) is 12.3 Å². The van der Waals surface area contributed by atoms with E-state index in [-0.39, 0.29) is 34.9 Å². The molecule has 0 saturated heterocycles. The first-order chi connectivity index (χ1) is 13.7. The SMILES string of the molecule is COC(=O)CC[C@@H](C)[C@H]1CC=C2[C@@H]3[C@@H](O)C[C@@H]4C[C@H](O)CC[C@]4(C)[C@H]3CC[C@@]21C. The minimum absolute atomic E-state index is 0.113. The number of hydrogen-bond donors (Lipinski definition) is 2. The Morgan fingerprint density at radius 2 is 2.00 bits per heavy atom. The van der Waals surface area contributed by atoms with Gasteiger partial charge in [0.25, 0.3) is 0 Å². The quantitative estimate of drug-likeness (QED) is 0.535. The Morgan fingerprint density at radius 3 is 2.72 bits per heavy atom. The molecule has 4 heteroatoms. The number of methoxy groups -OCH3 is 1. The van der Waals surface area contributed by atoms with E-state index in [4.69, 9.17) is 4.74 Å². The third-order valence-corrected chi connectivity index (χ3v) is 9.85. The molecule has 0 unspecified atom stereocenters. The normalized spacial score (nSPS) is 47.4. The van der Waals surface area contributed by atoms with E-state index in [0.29, 0.717) is 30.1 Å². The predicted molar refractivity (Wildman–Crippen MR) is 113 cm³/mol. The van der Waals surface area contributed by atoms with E-state index < -0.39 is 0 Å². The van der Waals surface area contributed by atoms with E-state index in [1.165, 1.54) is 25.5 Å². The molecule has 29 heavy (non-hydrogen) atoms. The summed E-state index contributed by atoms with van der Waals surface area (Å²) in [6.45, 7) is 7.16. The van der Waals surface area contributed by atoms with Crippen molar-refractivity contribution in [2.45, 2.75) is 90.8 Å². The average molecular weight is 405 g/mol. The number of ether oxygens (including phenoxy) is 1. The lowest BCUT2D eigenvalue weighted by atomic mass is 9.45. The number of fused-ring (bicyclic) bond motifs is 5.